The van der Waals surface area contributed by atoms with Gasteiger partial charge in [-0.05, 0) is 13.3 Å². The Balaban J connectivity index is 2.50. The van der Waals surface area contributed by atoms with E-state index in [1.54, 1.807) is 7.11 Å². The van der Waals surface area contributed by atoms with Gasteiger partial charge in [-0.3, -0.25) is 4.79 Å². The SMILES string of the molecule is COC(C)CCC(=O)N1CCOCC1C(=O)O. The van der Waals surface area contributed by atoms with E-state index in [1.165, 1.54) is 4.90 Å². The molecule has 0 aliphatic carbocycles. The van der Waals surface area contributed by atoms with E-state index in [0.717, 1.165) is 0 Å². The van der Waals surface area contributed by atoms with Crippen molar-refractivity contribution >= 4 is 11.9 Å². The molecule has 1 heterocycles. The quantitative estimate of drug-likeness (QED) is 0.744. The van der Waals surface area contributed by atoms with E-state index in [-0.39, 0.29) is 18.6 Å². The zero-order valence-electron chi connectivity index (χ0n) is 10.2. The summed E-state index contributed by atoms with van der Waals surface area (Å²) in [5.41, 5.74) is 0. The van der Waals surface area contributed by atoms with E-state index in [1.807, 2.05) is 6.92 Å². The van der Waals surface area contributed by atoms with Crippen LogP contribution in [0.15, 0.2) is 0 Å². The summed E-state index contributed by atoms with van der Waals surface area (Å²) in [5.74, 6) is -1.16. The maximum atomic E-state index is 11.9. The number of hydrogen-bond donors (Lipinski definition) is 1. The molecule has 1 saturated heterocycles. The van der Waals surface area contributed by atoms with Gasteiger partial charge < -0.3 is 19.5 Å². The molecule has 6 nitrogen and oxygen atoms in total. The zero-order chi connectivity index (χ0) is 12.8. The van der Waals surface area contributed by atoms with Gasteiger partial charge in [0.25, 0.3) is 0 Å². The molecule has 1 aliphatic rings. The first-order chi connectivity index (χ1) is 8.06. The molecule has 1 aliphatic heterocycles. The molecule has 0 aromatic carbocycles. The number of amides is 1. The van der Waals surface area contributed by atoms with Gasteiger partial charge in [0.05, 0.1) is 19.3 Å². The Morgan fingerprint density at radius 2 is 2.29 bits per heavy atom. The molecule has 2 unspecified atom stereocenters. The molecule has 1 fully saturated rings. The van der Waals surface area contributed by atoms with Crippen LogP contribution in [0.1, 0.15) is 19.8 Å². The van der Waals surface area contributed by atoms with Crippen molar-refractivity contribution in [1.82, 2.24) is 4.90 Å². The minimum atomic E-state index is -1.02. The molecular weight excluding hydrogens is 226 g/mol. The first kappa shape index (κ1) is 13.9. The lowest BCUT2D eigenvalue weighted by Crippen LogP contribution is -2.52. The molecule has 0 spiro atoms. The third-order valence-corrected chi connectivity index (χ3v) is 2.90. The lowest BCUT2D eigenvalue weighted by molar-refractivity contribution is -0.158. The molecule has 6 heteroatoms. The van der Waals surface area contributed by atoms with E-state index < -0.39 is 12.0 Å². The summed E-state index contributed by atoms with van der Waals surface area (Å²) >= 11 is 0. The van der Waals surface area contributed by atoms with Crippen molar-refractivity contribution in [1.29, 1.82) is 0 Å². The number of aliphatic carboxylic acids is 1. The van der Waals surface area contributed by atoms with Crippen LogP contribution >= 0.6 is 0 Å². The molecular formula is C11H19NO5. The second-order valence-electron chi connectivity index (χ2n) is 4.10. The number of hydrogen-bond acceptors (Lipinski definition) is 4. The Bertz CT molecular complexity index is 281. The van der Waals surface area contributed by atoms with Crippen LogP contribution in [0.25, 0.3) is 0 Å². The molecule has 17 heavy (non-hydrogen) atoms. The highest BCUT2D eigenvalue weighted by Gasteiger charge is 2.32. The Kier molecular flexibility index (Phi) is 5.37. The summed E-state index contributed by atoms with van der Waals surface area (Å²) in [6.45, 7) is 2.69. The monoisotopic (exact) mass is 245 g/mol. The Hall–Kier alpha value is -1.14. The summed E-state index contributed by atoms with van der Waals surface area (Å²) in [6, 6.07) is -0.853. The molecule has 0 bridgehead atoms. The number of nitrogens with zero attached hydrogens (tertiary/aromatic N) is 1. The van der Waals surface area contributed by atoms with Gasteiger partial charge in [-0.1, -0.05) is 0 Å². The van der Waals surface area contributed by atoms with Gasteiger partial charge in [0.15, 0.2) is 6.04 Å². The van der Waals surface area contributed by atoms with Crippen molar-refractivity contribution in [3.8, 4) is 0 Å². The van der Waals surface area contributed by atoms with Crippen molar-refractivity contribution in [3.05, 3.63) is 0 Å². The molecule has 98 valence electrons. The van der Waals surface area contributed by atoms with Gasteiger partial charge in [0, 0.05) is 20.1 Å². The normalized spacial score (nSPS) is 22.2. The fraction of sp³-hybridized carbons (Fsp3) is 0.818. The number of carboxylic acids is 1. The predicted molar refractivity (Wildman–Crippen MR) is 59.7 cm³/mol. The smallest absolute Gasteiger partial charge is 0.328 e. The van der Waals surface area contributed by atoms with Crippen molar-refractivity contribution in [3.63, 3.8) is 0 Å². The Labute approximate surface area is 100 Å². The van der Waals surface area contributed by atoms with Gasteiger partial charge in [-0.25, -0.2) is 4.79 Å². The first-order valence-corrected chi connectivity index (χ1v) is 5.69. The number of methoxy groups -OCH3 is 1. The minimum Gasteiger partial charge on any atom is -0.480 e. The number of carboxylic acid groups (broad SMARTS) is 1. The van der Waals surface area contributed by atoms with Gasteiger partial charge >= 0.3 is 5.97 Å². The number of carbonyl (C=O) groups is 2. The molecule has 0 radical (unpaired) electrons. The van der Waals surface area contributed by atoms with Crippen LogP contribution in [0.5, 0.6) is 0 Å². The second-order valence-corrected chi connectivity index (χ2v) is 4.10. The number of carbonyl (C=O) groups excluding carboxylic acids is 1. The van der Waals surface area contributed by atoms with Crippen LogP contribution < -0.4 is 0 Å². The van der Waals surface area contributed by atoms with E-state index in [4.69, 9.17) is 14.6 Å². The van der Waals surface area contributed by atoms with Crippen LogP contribution in [0, 0.1) is 0 Å². The Morgan fingerprint density at radius 3 is 2.88 bits per heavy atom. The predicted octanol–water partition coefficient (Wildman–Crippen LogP) is 0.114. The summed E-state index contributed by atoms with van der Waals surface area (Å²) in [6.07, 6.45) is 0.904. The highest BCUT2D eigenvalue weighted by Crippen LogP contribution is 2.11. The van der Waals surface area contributed by atoms with Crippen molar-refractivity contribution in [2.75, 3.05) is 26.9 Å². The molecule has 2 atom stereocenters. The highest BCUT2D eigenvalue weighted by molar-refractivity contribution is 5.84. The van der Waals surface area contributed by atoms with Crippen molar-refractivity contribution in [2.24, 2.45) is 0 Å². The van der Waals surface area contributed by atoms with E-state index in [9.17, 15) is 9.59 Å². The topological polar surface area (TPSA) is 76.1 Å². The summed E-state index contributed by atoms with van der Waals surface area (Å²) in [5, 5.41) is 8.98. The maximum Gasteiger partial charge on any atom is 0.328 e. The molecule has 0 saturated carbocycles. The molecule has 1 amide bonds. The maximum absolute atomic E-state index is 11.9. The number of rotatable bonds is 5. The Morgan fingerprint density at radius 1 is 1.59 bits per heavy atom. The van der Waals surface area contributed by atoms with Crippen molar-refractivity contribution in [2.45, 2.75) is 31.9 Å². The highest BCUT2D eigenvalue weighted by atomic mass is 16.5. The van der Waals surface area contributed by atoms with Crippen LogP contribution in [0.2, 0.25) is 0 Å². The van der Waals surface area contributed by atoms with E-state index in [0.29, 0.717) is 26.0 Å². The van der Waals surface area contributed by atoms with Crippen LogP contribution in [-0.4, -0.2) is 60.9 Å². The second kappa shape index (κ2) is 6.56. The third kappa shape index (κ3) is 3.98. The first-order valence-electron chi connectivity index (χ1n) is 5.69. The molecule has 0 aromatic heterocycles. The molecule has 0 aromatic rings. The lowest BCUT2D eigenvalue weighted by atomic mass is 10.1. The largest absolute Gasteiger partial charge is 0.480 e. The summed E-state index contributed by atoms with van der Waals surface area (Å²) < 4.78 is 10.1. The van der Waals surface area contributed by atoms with E-state index in [2.05, 4.69) is 0 Å². The fourth-order valence-corrected chi connectivity index (χ4v) is 1.69. The average molecular weight is 245 g/mol. The third-order valence-electron chi connectivity index (χ3n) is 2.90. The van der Waals surface area contributed by atoms with E-state index >= 15 is 0 Å². The zero-order valence-corrected chi connectivity index (χ0v) is 10.2. The molecule has 1 rings (SSSR count). The van der Waals surface area contributed by atoms with Crippen LogP contribution in [0.4, 0.5) is 0 Å². The summed E-state index contributed by atoms with van der Waals surface area (Å²) in [4.78, 5) is 24.2. The van der Waals surface area contributed by atoms with Crippen LogP contribution in [-0.2, 0) is 19.1 Å². The van der Waals surface area contributed by atoms with Crippen molar-refractivity contribution < 1.29 is 24.2 Å². The minimum absolute atomic E-state index is 0.00303. The van der Waals surface area contributed by atoms with Gasteiger partial charge in [0.2, 0.25) is 5.91 Å². The molecule has 1 N–H and O–H groups in total. The summed E-state index contributed by atoms with van der Waals surface area (Å²) in [7, 11) is 1.59. The fourth-order valence-electron chi connectivity index (χ4n) is 1.69. The average Bonchev–Trinajstić information content (AvgIpc) is 2.35. The standard InChI is InChI=1S/C11H19NO5/c1-8(16-2)3-4-10(13)12-5-6-17-7-9(12)11(14)15/h8-9H,3-7H2,1-2H3,(H,14,15). The van der Waals surface area contributed by atoms with Crippen LogP contribution in [0.3, 0.4) is 0 Å². The number of morpholine rings is 1. The van der Waals surface area contributed by atoms with Gasteiger partial charge in [-0.2, -0.15) is 0 Å². The van der Waals surface area contributed by atoms with Gasteiger partial charge in [0.1, 0.15) is 0 Å². The lowest BCUT2D eigenvalue weighted by Gasteiger charge is -2.33. The number of ether oxygens (including phenoxy) is 2. The van der Waals surface area contributed by atoms with Gasteiger partial charge in [-0.15, -0.1) is 0 Å².